The van der Waals surface area contributed by atoms with Crippen molar-refractivity contribution < 1.29 is 10.2 Å². The van der Waals surface area contributed by atoms with Gasteiger partial charge in [0, 0.05) is 11.9 Å². The van der Waals surface area contributed by atoms with E-state index >= 15 is 0 Å². The highest BCUT2D eigenvalue weighted by atomic mass is 35.5. The maximum atomic E-state index is 10.1. The summed E-state index contributed by atoms with van der Waals surface area (Å²) in [5.41, 5.74) is 1.50. The Hall–Kier alpha value is -2.06. The highest BCUT2D eigenvalue weighted by molar-refractivity contribution is 7.15. The molecule has 0 saturated carbocycles. The Morgan fingerprint density at radius 2 is 1.88 bits per heavy atom. The van der Waals surface area contributed by atoms with Crippen molar-refractivity contribution in [3.63, 3.8) is 0 Å². The summed E-state index contributed by atoms with van der Waals surface area (Å²) in [4.78, 5) is 13.4. The Kier molecular flexibility index (Phi) is 5.01. The van der Waals surface area contributed by atoms with Crippen molar-refractivity contribution in [2.24, 2.45) is 0 Å². The maximum Gasteiger partial charge on any atom is 0.227 e. The summed E-state index contributed by atoms with van der Waals surface area (Å²) >= 11 is 7.15. The van der Waals surface area contributed by atoms with Crippen LogP contribution in [0.15, 0.2) is 36.8 Å². The number of aliphatic hydroxyl groups is 2. The summed E-state index contributed by atoms with van der Waals surface area (Å²) in [6, 6.07) is 5.96. The van der Waals surface area contributed by atoms with Gasteiger partial charge in [0.2, 0.25) is 5.95 Å². The normalized spacial score (nSPS) is 13.5. The first-order valence-electron chi connectivity index (χ1n) is 7.53. The van der Waals surface area contributed by atoms with Crippen LogP contribution < -0.4 is 5.32 Å². The predicted molar refractivity (Wildman–Crippen MR) is 99.3 cm³/mol. The third-order valence-electron chi connectivity index (χ3n) is 3.51. The van der Waals surface area contributed by atoms with Crippen LogP contribution in [-0.4, -0.2) is 31.8 Å². The van der Waals surface area contributed by atoms with Crippen molar-refractivity contribution in [2.45, 2.75) is 19.4 Å². The van der Waals surface area contributed by atoms with Gasteiger partial charge in [-0.25, -0.2) is 15.0 Å². The molecule has 2 aromatic heterocycles. The minimum Gasteiger partial charge on any atom is -0.393 e. The number of rotatable bonds is 5. The van der Waals surface area contributed by atoms with Gasteiger partial charge < -0.3 is 15.5 Å². The van der Waals surface area contributed by atoms with E-state index in [-0.39, 0.29) is 6.61 Å². The molecule has 3 rings (SSSR count). The average molecular weight is 377 g/mol. The van der Waals surface area contributed by atoms with Gasteiger partial charge in [-0.15, -0.1) is 11.3 Å². The number of aliphatic hydroxyl groups excluding tert-OH is 1. The summed E-state index contributed by atoms with van der Waals surface area (Å²) in [6.45, 7) is 3.15. The van der Waals surface area contributed by atoms with Crippen LogP contribution in [0.1, 0.15) is 17.5 Å². The molecule has 0 unspecified atom stereocenters. The number of nitrogens with one attached hydrogen (secondary N) is 1. The van der Waals surface area contributed by atoms with Crippen LogP contribution in [0.4, 0.5) is 11.6 Å². The molecule has 3 N–H and O–H groups in total. The molecule has 0 amide bonds. The monoisotopic (exact) mass is 376 g/mol. The molecule has 1 aromatic carbocycles. The van der Waals surface area contributed by atoms with Gasteiger partial charge in [-0.05, 0) is 37.1 Å². The fourth-order valence-electron chi connectivity index (χ4n) is 2.23. The number of halogens is 1. The molecule has 0 aliphatic carbocycles. The molecule has 3 aromatic rings. The van der Waals surface area contributed by atoms with E-state index < -0.39 is 5.60 Å². The van der Waals surface area contributed by atoms with E-state index in [1.54, 1.807) is 6.20 Å². The van der Waals surface area contributed by atoms with Crippen molar-refractivity contribution >= 4 is 34.6 Å². The molecule has 0 spiro atoms. The van der Waals surface area contributed by atoms with Gasteiger partial charge in [0.25, 0.3) is 0 Å². The minimum atomic E-state index is -1.34. The Bertz CT molecular complexity index is 881. The van der Waals surface area contributed by atoms with Gasteiger partial charge in [-0.1, -0.05) is 17.7 Å². The molecular formula is C17H17ClN4O2S. The van der Waals surface area contributed by atoms with Crippen molar-refractivity contribution in [1.82, 2.24) is 15.0 Å². The second-order valence-electron chi connectivity index (χ2n) is 5.90. The van der Waals surface area contributed by atoms with Gasteiger partial charge in [0.1, 0.15) is 10.6 Å². The summed E-state index contributed by atoms with van der Waals surface area (Å²) in [7, 11) is 0. The highest BCUT2D eigenvalue weighted by Gasteiger charge is 2.26. The second-order valence-corrected chi connectivity index (χ2v) is 7.37. The van der Waals surface area contributed by atoms with E-state index in [4.69, 9.17) is 11.6 Å². The number of hydrogen-bond donors (Lipinski definition) is 3. The fraction of sp³-hybridized carbons (Fsp3) is 0.235. The molecule has 0 aliphatic rings. The molecule has 0 saturated heterocycles. The minimum absolute atomic E-state index is 0.380. The maximum absolute atomic E-state index is 10.1. The second kappa shape index (κ2) is 7.05. The zero-order valence-corrected chi connectivity index (χ0v) is 15.3. The number of benzene rings is 1. The summed E-state index contributed by atoms with van der Waals surface area (Å²) in [5.74, 6) is 0.453. The van der Waals surface area contributed by atoms with Crippen molar-refractivity contribution in [3.05, 3.63) is 52.4 Å². The molecular weight excluding hydrogens is 360 g/mol. The highest BCUT2D eigenvalue weighted by Crippen LogP contribution is 2.33. The van der Waals surface area contributed by atoms with E-state index in [1.165, 1.54) is 30.7 Å². The van der Waals surface area contributed by atoms with E-state index in [1.807, 2.05) is 25.1 Å². The van der Waals surface area contributed by atoms with E-state index in [2.05, 4.69) is 20.3 Å². The average Bonchev–Trinajstić information content (AvgIpc) is 3.07. The first-order chi connectivity index (χ1) is 11.9. The Morgan fingerprint density at radius 3 is 2.56 bits per heavy atom. The van der Waals surface area contributed by atoms with Crippen molar-refractivity contribution in [1.29, 1.82) is 0 Å². The smallest absolute Gasteiger partial charge is 0.227 e. The lowest BCUT2D eigenvalue weighted by atomic mass is 10.1. The van der Waals surface area contributed by atoms with Crippen LogP contribution in [-0.2, 0) is 5.60 Å². The van der Waals surface area contributed by atoms with Crippen LogP contribution in [0.5, 0.6) is 0 Å². The van der Waals surface area contributed by atoms with Crippen molar-refractivity contribution in [2.75, 3.05) is 11.9 Å². The molecule has 0 bridgehead atoms. The summed E-state index contributed by atoms with van der Waals surface area (Å²) in [5, 5.41) is 23.5. The molecule has 0 radical (unpaired) electrons. The predicted octanol–water partition coefficient (Wildman–Crippen LogP) is 3.51. The van der Waals surface area contributed by atoms with Crippen LogP contribution in [0.2, 0.25) is 5.02 Å². The number of aromatic nitrogens is 3. The quantitative estimate of drug-likeness (QED) is 0.631. The van der Waals surface area contributed by atoms with Crippen LogP contribution in [0.3, 0.4) is 0 Å². The lowest BCUT2D eigenvalue weighted by molar-refractivity contribution is -0.00244. The van der Waals surface area contributed by atoms with Crippen LogP contribution >= 0.6 is 22.9 Å². The SMILES string of the molecule is Cc1cc(Nc2ncc(Cl)cn2)cc(-c2cnc([C@](C)(O)CO)s2)c1. The largest absolute Gasteiger partial charge is 0.393 e. The van der Waals surface area contributed by atoms with Gasteiger partial charge >= 0.3 is 0 Å². The van der Waals surface area contributed by atoms with Gasteiger partial charge in [0.15, 0.2) is 0 Å². The Balaban J connectivity index is 1.90. The molecule has 0 fully saturated rings. The third kappa shape index (κ3) is 4.13. The van der Waals surface area contributed by atoms with Gasteiger partial charge in [-0.3, -0.25) is 0 Å². The van der Waals surface area contributed by atoms with Gasteiger partial charge in [0.05, 0.1) is 28.9 Å². The summed E-state index contributed by atoms with van der Waals surface area (Å²) < 4.78 is 0. The fourth-order valence-corrected chi connectivity index (χ4v) is 3.26. The Morgan fingerprint density at radius 1 is 1.16 bits per heavy atom. The zero-order valence-electron chi connectivity index (χ0n) is 13.7. The van der Waals surface area contributed by atoms with Crippen LogP contribution in [0, 0.1) is 6.92 Å². The van der Waals surface area contributed by atoms with E-state index in [0.29, 0.717) is 16.0 Å². The zero-order chi connectivity index (χ0) is 18.0. The lowest BCUT2D eigenvalue weighted by Gasteiger charge is -2.16. The number of hydrogen-bond acceptors (Lipinski definition) is 7. The lowest BCUT2D eigenvalue weighted by Crippen LogP contribution is -2.25. The number of nitrogens with zero attached hydrogens (tertiary/aromatic N) is 3. The molecule has 6 nitrogen and oxygen atoms in total. The van der Waals surface area contributed by atoms with Gasteiger partial charge in [-0.2, -0.15) is 0 Å². The molecule has 1 atom stereocenters. The molecule has 2 heterocycles. The van der Waals surface area contributed by atoms with Crippen molar-refractivity contribution in [3.8, 4) is 10.4 Å². The number of aryl methyl sites for hydroxylation is 1. The van der Waals surface area contributed by atoms with E-state index in [9.17, 15) is 10.2 Å². The third-order valence-corrected chi connectivity index (χ3v) is 5.01. The molecule has 130 valence electrons. The molecule has 25 heavy (non-hydrogen) atoms. The molecule has 8 heteroatoms. The Labute approximate surface area is 154 Å². The standard InChI is InChI=1S/C17H17ClN4O2S/c1-10-3-11(14-8-19-15(25-14)17(2,24)9-23)5-13(4-10)22-16-20-6-12(18)7-21-16/h3-8,23-24H,9H2,1-2H3,(H,20,21,22)/t17-/m1/s1. The summed E-state index contributed by atoms with van der Waals surface area (Å²) in [6.07, 6.45) is 4.75. The first-order valence-corrected chi connectivity index (χ1v) is 8.73. The number of thiazole rings is 1. The topological polar surface area (TPSA) is 91.2 Å². The number of anilines is 2. The van der Waals surface area contributed by atoms with E-state index in [0.717, 1.165) is 21.7 Å². The molecule has 0 aliphatic heterocycles. The first kappa shape index (κ1) is 17.8. The van der Waals surface area contributed by atoms with Crippen LogP contribution in [0.25, 0.3) is 10.4 Å².